The molecule has 4 rings (SSSR count). The molecule has 0 radical (unpaired) electrons. The van der Waals surface area contributed by atoms with Gasteiger partial charge in [0.15, 0.2) is 0 Å². The quantitative estimate of drug-likeness (QED) is 0.929. The van der Waals surface area contributed by atoms with E-state index in [0.717, 1.165) is 60.1 Å². The molecular weight excluding hydrogens is 320 g/mol. The van der Waals surface area contributed by atoms with Crippen LogP contribution in [0.4, 0.5) is 0 Å². The maximum absolute atomic E-state index is 12.6. The van der Waals surface area contributed by atoms with Gasteiger partial charge in [0.25, 0.3) is 5.56 Å². The normalized spacial score (nSPS) is 19.4. The van der Waals surface area contributed by atoms with Crippen molar-refractivity contribution < 1.29 is 0 Å². The molecule has 0 unspecified atom stereocenters. The van der Waals surface area contributed by atoms with Crippen molar-refractivity contribution in [2.24, 2.45) is 0 Å². The van der Waals surface area contributed by atoms with E-state index >= 15 is 0 Å². The second-order valence-corrected chi connectivity index (χ2v) is 8.00. The highest BCUT2D eigenvalue weighted by molar-refractivity contribution is 7.09. The van der Waals surface area contributed by atoms with E-state index in [9.17, 15) is 4.79 Å². The lowest BCUT2D eigenvalue weighted by molar-refractivity contribution is 0.240. The van der Waals surface area contributed by atoms with E-state index in [1.54, 1.807) is 11.3 Å². The summed E-state index contributed by atoms with van der Waals surface area (Å²) in [6.07, 6.45) is 7.02. The van der Waals surface area contributed by atoms with Crippen LogP contribution in [0.2, 0.25) is 0 Å². The van der Waals surface area contributed by atoms with Gasteiger partial charge in [-0.25, -0.2) is 9.97 Å². The number of hydrogen-bond donors (Lipinski definition) is 1. The summed E-state index contributed by atoms with van der Waals surface area (Å²) in [5.41, 5.74) is 3.02. The van der Waals surface area contributed by atoms with Gasteiger partial charge in [-0.1, -0.05) is 19.3 Å². The summed E-state index contributed by atoms with van der Waals surface area (Å²) in [7, 11) is 0. The fraction of sp³-hybridized carbons (Fsp3) is 0.611. The summed E-state index contributed by atoms with van der Waals surface area (Å²) < 4.78 is 0. The highest BCUT2D eigenvalue weighted by Gasteiger charge is 2.24. The molecule has 0 bridgehead atoms. The van der Waals surface area contributed by atoms with Crippen molar-refractivity contribution in [3.8, 4) is 0 Å². The smallest absolute Gasteiger partial charge is 0.255 e. The highest BCUT2D eigenvalue weighted by Crippen LogP contribution is 2.30. The first-order chi connectivity index (χ1) is 11.7. The third-order valence-electron chi connectivity index (χ3n) is 5.18. The van der Waals surface area contributed by atoms with E-state index in [1.807, 2.05) is 6.92 Å². The molecule has 0 amide bonds. The van der Waals surface area contributed by atoms with Crippen LogP contribution in [0.1, 0.15) is 65.8 Å². The number of nitrogens with zero attached hydrogens (tertiary/aromatic N) is 3. The lowest BCUT2D eigenvalue weighted by Crippen LogP contribution is -2.36. The first-order valence-electron chi connectivity index (χ1n) is 8.94. The van der Waals surface area contributed by atoms with Gasteiger partial charge in [-0.2, -0.15) is 0 Å². The number of aryl methyl sites for hydroxylation is 1. The van der Waals surface area contributed by atoms with E-state index in [0.29, 0.717) is 12.5 Å². The van der Waals surface area contributed by atoms with Gasteiger partial charge in [-0.15, -0.1) is 11.3 Å². The molecular formula is C18H24N4OS. The Kier molecular flexibility index (Phi) is 4.50. The number of aromatic nitrogens is 3. The largest absolute Gasteiger partial charge is 0.310 e. The van der Waals surface area contributed by atoms with Crippen molar-refractivity contribution in [3.05, 3.63) is 43.5 Å². The molecule has 1 N–H and O–H groups in total. The summed E-state index contributed by atoms with van der Waals surface area (Å²) >= 11 is 1.70. The molecule has 1 aliphatic heterocycles. The van der Waals surface area contributed by atoms with Crippen LogP contribution < -0.4 is 5.56 Å². The average Bonchev–Trinajstić information content (AvgIpc) is 3.01. The molecule has 0 saturated heterocycles. The number of H-pyrrole nitrogens is 1. The molecule has 6 heteroatoms. The van der Waals surface area contributed by atoms with Gasteiger partial charge in [0.1, 0.15) is 10.8 Å². The van der Waals surface area contributed by atoms with Gasteiger partial charge in [-0.05, 0) is 19.8 Å². The van der Waals surface area contributed by atoms with Crippen LogP contribution in [-0.2, 0) is 19.5 Å². The van der Waals surface area contributed by atoms with Gasteiger partial charge >= 0.3 is 0 Å². The average molecular weight is 344 g/mol. The SMILES string of the molecule is Cc1csc(CN2CCc3nc(C4CCCCC4)[nH]c(=O)c3C2)n1. The Labute approximate surface area is 146 Å². The molecule has 2 aliphatic rings. The standard InChI is InChI=1S/C18H24N4OS/c1-12-11-24-16(19-12)10-22-8-7-15-14(9-22)18(23)21-17(20-15)13-5-3-2-4-6-13/h11,13H,2-10H2,1H3,(H,20,21,23). The second-order valence-electron chi connectivity index (χ2n) is 7.05. The van der Waals surface area contributed by atoms with Crippen LogP contribution in [-0.4, -0.2) is 26.4 Å². The lowest BCUT2D eigenvalue weighted by atomic mass is 9.88. The minimum Gasteiger partial charge on any atom is -0.310 e. The van der Waals surface area contributed by atoms with Crippen molar-refractivity contribution in [1.82, 2.24) is 19.9 Å². The zero-order chi connectivity index (χ0) is 16.5. The summed E-state index contributed by atoms with van der Waals surface area (Å²) in [5, 5.41) is 3.21. The Morgan fingerprint density at radius 1 is 1.29 bits per heavy atom. The topological polar surface area (TPSA) is 61.9 Å². The maximum Gasteiger partial charge on any atom is 0.255 e. The van der Waals surface area contributed by atoms with Crippen LogP contribution in [0, 0.1) is 6.92 Å². The van der Waals surface area contributed by atoms with Crippen LogP contribution in [0.5, 0.6) is 0 Å². The number of fused-ring (bicyclic) bond motifs is 1. The fourth-order valence-corrected chi connectivity index (χ4v) is 4.68. The molecule has 3 heterocycles. The monoisotopic (exact) mass is 344 g/mol. The predicted octanol–water partition coefficient (Wildman–Crippen LogP) is 3.14. The first kappa shape index (κ1) is 16.0. The van der Waals surface area contributed by atoms with Crippen LogP contribution in [0.15, 0.2) is 10.2 Å². The minimum absolute atomic E-state index is 0.0700. The number of nitrogens with one attached hydrogen (secondary N) is 1. The molecule has 2 aromatic rings. The van der Waals surface area contributed by atoms with Gasteiger partial charge in [-0.3, -0.25) is 9.69 Å². The lowest BCUT2D eigenvalue weighted by Gasteiger charge is -2.28. The summed E-state index contributed by atoms with van der Waals surface area (Å²) in [5.74, 6) is 1.38. The molecule has 0 spiro atoms. The zero-order valence-corrected chi connectivity index (χ0v) is 15.0. The molecule has 1 aliphatic carbocycles. The third-order valence-corrected chi connectivity index (χ3v) is 6.13. The predicted molar refractivity (Wildman–Crippen MR) is 95.4 cm³/mol. The van der Waals surface area contributed by atoms with Crippen LogP contribution >= 0.6 is 11.3 Å². The summed E-state index contributed by atoms with van der Waals surface area (Å²) in [4.78, 5) is 27.4. The van der Waals surface area contributed by atoms with Crippen molar-refractivity contribution in [2.45, 2.75) is 64.5 Å². The number of aromatic amines is 1. The highest BCUT2D eigenvalue weighted by atomic mass is 32.1. The Morgan fingerprint density at radius 3 is 2.88 bits per heavy atom. The number of rotatable bonds is 3. The van der Waals surface area contributed by atoms with Crippen LogP contribution in [0.3, 0.4) is 0 Å². The van der Waals surface area contributed by atoms with E-state index in [-0.39, 0.29) is 5.56 Å². The maximum atomic E-state index is 12.6. The van der Waals surface area contributed by atoms with E-state index in [1.165, 1.54) is 19.3 Å². The first-order valence-corrected chi connectivity index (χ1v) is 9.82. The summed E-state index contributed by atoms with van der Waals surface area (Å²) in [6, 6.07) is 0. The zero-order valence-electron chi connectivity index (χ0n) is 14.2. The third kappa shape index (κ3) is 3.30. The van der Waals surface area contributed by atoms with Crippen molar-refractivity contribution >= 4 is 11.3 Å². The van der Waals surface area contributed by atoms with Gasteiger partial charge in [0, 0.05) is 36.5 Å². The Morgan fingerprint density at radius 2 is 2.12 bits per heavy atom. The number of thiazole rings is 1. The Balaban J connectivity index is 1.52. The van der Waals surface area contributed by atoms with Gasteiger partial charge < -0.3 is 4.98 Å². The molecule has 2 aromatic heterocycles. The minimum atomic E-state index is 0.0700. The molecule has 1 fully saturated rings. The van der Waals surface area contributed by atoms with Gasteiger partial charge in [0.2, 0.25) is 0 Å². The van der Waals surface area contributed by atoms with Crippen molar-refractivity contribution in [3.63, 3.8) is 0 Å². The summed E-state index contributed by atoms with van der Waals surface area (Å²) in [6.45, 7) is 4.47. The molecule has 1 saturated carbocycles. The van der Waals surface area contributed by atoms with Gasteiger partial charge in [0.05, 0.1) is 17.8 Å². The number of hydrogen-bond acceptors (Lipinski definition) is 5. The molecule has 24 heavy (non-hydrogen) atoms. The fourth-order valence-electron chi connectivity index (χ4n) is 3.87. The molecule has 0 atom stereocenters. The van der Waals surface area contributed by atoms with E-state index in [4.69, 9.17) is 4.98 Å². The van der Waals surface area contributed by atoms with Crippen LogP contribution in [0.25, 0.3) is 0 Å². The van der Waals surface area contributed by atoms with Crippen molar-refractivity contribution in [2.75, 3.05) is 6.54 Å². The van der Waals surface area contributed by atoms with Crippen molar-refractivity contribution in [1.29, 1.82) is 0 Å². The Hall–Kier alpha value is -1.53. The van der Waals surface area contributed by atoms with E-state index in [2.05, 4.69) is 20.2 Å². The second kappa shape index (κ2) is 6.76. The molecule has 128 valence electrons. The molecule has 5 nitrogen and oxygen atoms in total. The van der Waals surface area contributed by atoms with E-state index < -0.39 is 0 Å². The Bertz CT molecular complexity index is 776. The molecule has 0 aromatic carbocycles.